The maximum absolute atomic E-state index is 13.2. The first-order valence-electron chi connectivity index (χ1n) is 9.29. The average molecular weight is 433 g/mol. The van der Waals surface area contributed by atoms with Gasteiger partial charge in [-0.25, -0.2) is 13.8 Å². The highest BCUT2D eigenvalue weighted by Crippen LogP contribution is 2.36. The van der Waals surface area contributed by atoms with Crippen LogP contribution in [0.15, 0.2) is 61.2 Å². The van der Waals surface area contributed by atoms with Gasteiger partial charge in [-0.15, -0.1) is 0 Å². The summed E-state index contributed by atoms with van der Waals surface area (Å²) in [5.74, 6) is 0.571. The van der Waals surface area contributed by atoms with E-state index in [0.717, 1.165) is 17.7 Å². The summed E-state index contributed by atoms with van der Waals surface area (Å²) in [5.41, 5.74) is -0.375. The Hall–Kier alpha value is -3.56. The number of anilines is 1. The second-order valence-corrected chi connectivity index (χ2v) is 6.80. The zero-order valence-electron chi connectivity index (χ0n) is 15.9. The molecule has 4 rings (SSSR count). The lowest BCUT2D eigenvalue weighted by Gasteiger charge is -2.12. The predicted molar refractivity (Wildman–Crippen MR) is 105 cm³/mol. The van der Waals surface area contributed by atoms with E-state index in [4.69, 9.17) is 0 Å². The van der Waals surface area contributed by atoms with Gasteiger partial charge >= 0.3 is 6.18 Å². The fourth-order valence-electron chi connectivity index (χ4n) is 3.21. The molecule has 3 heterocycles. The molecule has 1 aromatic carbocycles. The van der Waals surface area contributed by atoms with Crippen LogP contribution in [0, 0.1) is 0 Å². The quantitative estimate of drug-likeness (QED) is 0.414. The molecule has 4 aromatic rings. The third kappa shape index (κ3) is 4.47. The zero-order chi connectivity index (χ0) is 22.0. The van der Waals surface area contributed by atoms with Crippen LogP contribution in [0.5, 0.6) is 0 Å². The summed E-state index contributed by atoms with van der Waals surface area (Å²) in [7, 11) is 0. The summed E-state index contributed by atoms with van der Waals surface area (Å²) in [6.45, 7) is 0.555. The minimum absolute atomic E-state index is 0.0277. The third-order valence-corrected chi connectivity index (χ3v) is 4.69. The molecule has 0 saturated carbocycles. The zero-order valence-corrected chi connectivity index (χ0v) is 15.9. The highest BCUT2D eigenvalue weighted by molar-refractivity contribution is 5.78. The van der Waals surface area contributed by atoms with Gasteiger partial charge in [0, 0.05) is 36.3 Å². The van der Waals surface area contributed by atoms with Gasteiger partial charge in [0.25, 0.3) is 6.43 Å². The number of aromatic nitrogens is 4. The molecule has 0 radical (unpaired) electrons. The predicted octanol–water partition coefficient (Wildman–Crippen LogP) is 5.40. The molecule has 10 heteroatoms. The molecule has 0 aliphatic heterocycles. The number of fused-ring (bicyclic) bond motifs is 1. The van der Waals surface area contributed by atoms with Crippen molar-refractivity contribution in [2.24, 2.45) is 0 Å². The van der Waals surface area contributed by atoms with Gasteiger partial charge in [-0.2, -0.15) is 22.8 Å². The van der Waals surface area contributed by atoms with Crippen molar-refractivity contribution < 1.29 is 22.0 Å². The molecule has 160 valence electrons. The van der Waals surface area contributed by atoms with Gasteiger partial charge in [0.15, 0.2) is 5.65 Å². The van der Waals surface area contributed by atoms with E-state index in [9.17, 15) is 22.0 Å². The largest absolute Gasteiger partial charge is 0.416 e. The Balaban J connectivity index is 1.67. The molecular weight excluding hydrogens is 417 g/mol. The van der Waals surface area contributed by atoms with Gasteiger partial charge < -0.3 is 5.32 Å². The Kier molecular flexibility index (Phi) is 5.53. The van der Waals surface area contributed by atoms with Crippen LogP contribution in [0.1, 0.15) is 23.1 Å². The Morgan fingerprint density at radius 2 is 1.87 bits per heavy atom. The van der Waals surface area contributed by atoms with E-state index in [1.807, 2.05) is 12.1 Å². The van der Waals surface area contributed by atoms with Gasteiger partial charge in [-0.05, 0) is 47.9 Å². The van der Waals surface area contributed by atoms with Crippen LogP contribution in [0.2, 0.25) is 0 Å². The maximum atomic E-state index is 13.2. The van der Waals surface area contributed by atoms with E-state index in [1.54, 1.807) is 18.5 Å². The number of pyridine rings is 1. The Morgan fingerprint density at radius 3 is 2.58 bits per heavy atom. The van der Waals surface area contributed by atoms with Gasteiger partial charge in [0.1, 0.15) is 5.82 Å². The summed E-state index contributed by atoms with van der Waals surface area (Å²) in [6, 6.07) is 7.76. The molecule has 31 heavy (non-hydrogen) atoms. The summed E-state index contributed by atoms with van der Waals surface area (Å²) in [6.07, 6.45) is -0.869. The molecule has 3 aromatic heterocycles. The lowest BCUT2D eigenvalue weighted by atomic mass is 10.0. The lowest BCUT2D eigenvalue weighted by molar-refractivity contribution is -0.137. The molecule has 0 amide bonds. The monoisotopic (exact) mass is 433 g/mol. The van der Waals surface area contributed by atoms with Gasteiger partial charge in [-0.1, -0.05) is 6.07 Å². The van der Waals surface area contributed by atoms with E-state index in [1.165, 1.54) is 16.9 Å². The molecule has 0 fully saturated rings. The highest BCUT2D eigenvalue weighted by Gasteiger charge is 2.32. The fourth-order valence-corrected chi connectivity index (χ4v) is 3.21. The number of halogens is 5. The standard InChI is InChI=1S/C21H16F5N5/c22-19(23)15-8-14(9-16(10-15)21(24,25)26)17-12-30-31-18(4-7-29-20(17)31)28-6-3-13-2-1-5-27-11-13/h1-2,4-5,7-12,19,28H,3,6H2. The highest BCUT2D eigenvalue weighted by atomic mass is 19.4. The lowest BCUT2D eigenvalue weighted by Crippen LogP contribution is -2.09. The van der Waals surface area contributed by atoms with Crippen LogP contribution in [-0.2, 0) is 12.6 Å². The van der Waals surface area contributed by atoms with Crippen LogP contribution in [0.4, 0.5) is 27.8 Å². The minimum atomic E-state index is -4.75. The van der Waals surface area contributed by atoms with Crippen LogP contribution in [-0.4, -0.2) is 26.1 Å². The second-order valence-electron chi connectivity index (χ2n) is 6.80. The van der Waals surface area contributed by atoms with E-state index in [2.05, 4.69) is 20.4 Å². The molecule has 0 aliphatic rings. The maximum Gasteiger partial charge on any atom is 0.416 e. The summed E-state index contributed by atoms with van der Waals surface area (Å²) >= 11 is 0. The molecule has 0 atom stereocenters. The molecule has 0 saturated heterocycles. The first-order valence-corrected chi connectivity index (χ1v) is 9.29. The molecule has 5 nitrogen and oxygen atoms in total. The normalized spacial score (nSPS) is 11.9. The van der Waals surface area contributed by atoms with E-state index >= 15 is 0 Å². The minimum Gasteiger partial charge on any atom is -0.370 e. The summed E-state index contributed by atoms with van der Waals surface area (Å²) in [5, 5.41) is 7.40. The molecule has 0 bridgehead atoms. The number of nitrogens with zero attached hydrogens (tertiary/aromatic N) is 4. The number of nitrogens with one attached hydrogen (secondary N) is 1. The first-order chi connectivity index (χ1) is 14.8. The van der Waals surface area contributed by atoms with Crippen molar-refractivity contribution in [2.45, 2.75) is 19.0 Å². The van der Waals surface area contributed by atoms with E-state index < -0.39 is 23.7 Å². The SMILES string of the molecule is FC(F)c1cc(-c2cnn3c(NCCc4cccnc4)ccnc23)cc(C(F)(F)F)c1. The van der Waals surface area contributed by atoms with Crippen molar-refractivity contribution in [3.05, 3.63) is 77.9 Å². The van der Waals surface area contributed by atoms with Crippen LogP contribution in [0.3, 0.4) is 0 Å². The molecule has 0 unspecified atom stereocenters. The third-order valence-electron chi connectivity index (χ3n) is 4.69. The van der Waals surface area contributed by atoms with Crippen molar-refractivity contribution in [1.29, 1.82) is 0 Å². The number of alkyl halides is 5. The summed E-state index contributed by atoms with van der Waals surface area (Å²) in [4.78, 5) is 8.24. The first kappa shape index (κ1) is 20.7. The Labute approximate surface area is 173 Å². The van der Waals surface area contributed by atoms with Gasteiger partial charge in [0.05, 0.1) is 11.8 Å². The Morgan fingerprint density at radius 1 is 1.03 bits per heavy atom. The number of hydrogen-bond acceptors (Lipinski definition) is 4. The van der Waals surface area contributed by atoms with Crippen LogP contribution < -0.4 is 5.32 Å². The topological polar surface area (TPSA) is 55.1 Å². The molecular formula is C21H16F5N5. The van der Waals surface area contributed by atoms with Crippen molar-refractivity contribution in [2.75, 3.05) is 11.9 Å². The number of benzene rings is 1. The molecule has 0 aliphatic carbocycles. The number of rotatable bonds is 6. The van der Waals surface area contributed by atoms with Crippen molar-refractivity contribution in [3.63, 3.8) is 0 Å². The number of hydrogen-bond donors (Lipinski definition) is 1. The average Bonchev–Trinajstić information content (AvgIpc) is 3.18. The van der Waals surface area contributed by atoms with Crippen LogP contribution in [0.25, 0.3) is 16.8 Å². The second kappa shape index (κ2) is 8.29. The molecule has 0 spiro atoms. The Bertz CT molecular complexity index is 1190. The van der Waals surface area contributed by atoms with Crippen molar-refractivity contribution >= 4 is 11.5 Å². The van der Waals surface area contributed by atoms with E-state index in [0.29, 0.717) is 24.8 Å². The smallest absolute Gasteiger partial charge is 0.370 e. The van der Waals surface area contributed by atoms with Crippen molar-refractivity contribution in [1.82, 2.24) is 19.6 Å². The van der Waals surface area contributed by atoms with Gasteiger partial charge in [0.2, 0.25) is 0 Å². The van der Waals surface area contributed by atoms with Crippen LogP contribution >= 0.6 is 0 Å². The van der Waals surface area contributed by atoms with Crippen molar-refractivity contribution in [3.8, 4) is 11.1 Å². The van der Waals surface area contributed by atoms with E-state index in [-0.39, 0.29) is 16.8 Å². The molecule has 1 N–H and O–H groups in total. The summed E-state index contributed by atoms with van der Waals surface area (Å²) < 4.78 is 67.5. The fraction of sp³-hybridized carbons (Fsp3) is 0.190. The van der Waals surface area contributed by atoms with Gasteiger partial charge in [-0.3, -0.25) is 4.98 Å².